The molecule has 9 heteroatoms. The highest BCUT2D eigenvalue weighted by Gasteiger charge is 2.20. The Hall–Kier alpha value is -3.88. The van der Waals surface area contributed by atoms with E-state index in [9.17, 15) is 0 Å². The summed E-state index contributed by atoms with van der Waals surface area (Å²) < 4.78 is 11.1. The van der Waals surface area contributed by atoms with Crippen molar-refractivity contribution in [1.82, 2.24) is 20.1 Å². The van der Waals surface area contributed by atoms with Crippen LogP contribution in [0.4, 0.5) is 5.82 Å². The van der Waals surface area contributed by atoms with Gasteiger partial charge in [0.15, 0.2) is 0 Å². The number of nitrogens with two attached hydrogens (primary N) is 1. The summed E-state index contributed by atoms with van der Waals surface area (Å²) in [4.78, 5) is 16.9. The van der Waals surface area contributed by atoms with Gasteiger partial charge in [0.1, 0.15) is 34.6 Å². The zero-order valence-electron chi connectivity index (χ0n) is 18.4. The lowest BCUT2D eigenvalue weighted by Gasteiger charge is -2.10. The van der Waals surface area contributed by atoms with Crippen molar-refractivity contribution in [3.8, 4) is 16.9 Å². The first-order chi connectivity index (χ1) is 14.8. The summed E-state index contributed by atoms with van der Waals surface area (Å²) in [5.74, 6) is 3.31. The Morgan fingerprint density at radius 2 is 2.03 bits per heavy atom. The van der Waals surface area contributed by atoms with Crippen molar-refractivity contribution in [3.05, 3.63) is 41.2 Å². The Bertz CT molecular complexity index is 1340. The molecule has 0 aliphatic carbocycles. The Morgan fingerprint density at radius 1 is 1.26 bits per heavy atom. The number of hydrogen-bond acceptors (Lipinski definition) is 7. The number of aromatic amines is 1. The van der Waals surface area contributed by atoms with Crippen LogP contribution in [0, 0.1) is 20.8 Å². The molecule has 9 nitrogen and oxygen atoms in total. The third-order valence-electron chi connectivity index (χ3n) is 5.04. The molecule has 3 aromatic heterocycles. The molecule has 0 saturated carbocycles. The van der Waals surface area contributed by atoms with E-state index >= 15 is 0 Å². The number of hydrogen-bond donors (Lipinski definition) is 3. The van der Waals surface area contributed by atoms with Crippen LogP contribution in [0.15, 0.2) is 33.4 Å². The van der Waals surface area contributed by atoms with Crippen molar-refractivity contribution in [2.24, 2.45) is 10.7 Å². The second kappa shape index (κ2) is 7.75. The van der Waals surface area contributed by atoms with Crippen molar-refractivity contribution in [3.63, 3.8) is 0 Å². The van der Waals surface area contributed by atoms with Gasteiger partial charge in [-0.1, -0.05) is 5.16 Å². The summed E-state index contributed by atoms with van der Waals surface area (Å²) in [5, 5.41) is 9.12. The minimum atomic E-state index is 0.605. The average molecular weight is 419 g/mol. The van der Waals surface area contributed by atoms with E-state index in [1.807, 2.05) is 32.9 Å². The molecule has 0 aliphatic rings. The van der Waals surface area contributed by atoms with Gasteiger partial charge in [-0.3, -0.25) is 4.99 Å². The predicted octanol–water partition coefficient (Wildman–Crippen LogP) is 4.00. The number of nitrogens with one attached hydrogen (secondary N) is 2. The number of fused-ring (bicyclic) bond motifs is 3. The minimum absolute atomic E-state index is 0.605. The molecule has 0 atom stereocenters. The van der Waals surface area contributed by atoms with Gasteiger partial charge in [-0.15, -0.1) is 0 Å². The Labute approximate surface area is 179 Å². The van der Waals surface area contributed by atoms with Gasteiger partial charge in [0.2, 0.25) is 0 Å². The molecule has 4 aromatic rings. The highest BCUT2D eigenvalue weighted by atomic mass is 16.5. The van der Waals surface area contributed by atoms with Crippen molar-refractivity contribution in [2.45, 2.75) is 27.7 Å². The third-order valence-corrected chi connectivity index (χ3v) is 5.04. The minimum Gasteiger partial charge on any atom is -0.496 e. The van der Waals surface area contributed by atoms with E-state index in [0.29, 0.717) is 34.6 Å². The molecule has 4 N–H and O–H groups in total. The molecule has 0 aliphatic heterocycles. The van der Waals surface area contributed by atoms with E-state index in [2.05, 4.69) is 30.4 Å². The van der Waals surface area contributed by atoms with Crippen LogP contribution >= 0.6 is 0 Å². The van der Waals surface area contributed by atoms with Crippen LogP contribution in [0.3, 0.4) is 0 Å². The van der Waals surface area contributed by atoms with Gasteiger partial charge in [-0.05, 0) is 45.9 Å². The van der Waals surface area contributed by atoms with E-state index in [-0.39, 0.29) is 0 Å². The number of nitrogens with zero attached hydrogens (tertiary/aromatic N) is 4. The first kappa shape index (κ1) is 20.4. The smallest absolute Gasteiger partial charge is 0.145 e. The fourth-order valence-corrected chi connectivity index (χ4v) is 3.75. The van der Waals surface area contributed by atoms with Crippen LogP contribution in [0.5, 0.6) is 5.75 Å². The highest BCUT2D eigenvalue weighted by molar-refractivity contribution is 6.16. The number of allylic oxidation sites excluding steroid dienone is 1. The van der Waals surface area contributed by atoms with Gasteiger partial charge in [0, 0.05) is 29.2 Å². The summed E-state index contributed by atoms with van der Waals surface area (Å²) >= 11 is 0. The lowest BCUT2D eigenvalue weighted by molar-refractivity contribution is 0.393. The fraction of sp³-hybridized carbons (Fsp3) is 0.273. The number of ether oxygens (including phenoxy) is 1. The van der Waals surface area contributed by atoms with Crippen LogP contribution in [0.2, 0.25) is 0 Å². The number of aromatic nitrogens is 4. The molecule has 4 rings (SSSR count). The predicted molar refractivity (Wildman–Crippen MR) is 123 cm³/mol. The normalized spacial score (nSPS) is 12.7. The first-order valence-corrected chi connectivity index (χ1v) is 9.81. The van der Waals surface area contributed by atoms with Crippen molar-refractivity contribution >= 4 is 33.6 Å². The SMILES string of the molecule is CN=C(C=C(C)N)Nc1nc(C)nc2[nH]c3cc(-c4c(C)noc4C)c(OC)cc3c12. The second-order valence-electron chi connectivity index (χ2n) is 7.39. The zero-order chi connectivity index (χ0) is 22.3. The molecule has 0 spiro atoms. The van der Waals surface area contributed by atoms with Crippen LogP contribution in [0.25, 0.3) is 33.1 Å². The molecule has 3 heterocycles. The quantitative estimate of drug-likeness (QED) is 0.337. The largest absolute Gasteiger partial charge is 0.496 e. The van der Waals surface area contributed by atoms with E-state index in [1.54, 1.807) is 27.2 Å². The molecule has 1 aromatic carbocycles. The highest BCUT2D eigenvalue weighted by Crippen LogP contribution is 2.40. The third kappa shape index (κ3) is 3.58. The summed E-state index contributed by atoms with van der Waals surface area (Å²) in [6.45, 7) is 7.45. The van der Waals surface area contributed by atoms with Crippen LogP contribution in [-0.4, -0.2) is 40.1 Å². The maximum atomic E-state index is 5.83. The van der Waals surface area contributed by atoms with Gasteiger partial charge in [-0.2, -0.15) is 0 Å². The lowest BCUT2D eigenvalue weighted by Crippen LogP contribution is -2.13. The van der Waals surface area contributed by atoms with E-state index in [4.69, 9.17) is 15.0 Å². The van der Waals surface area contributed by atoms with Crippen molar-refractivity contribution in [2.75, 3.05) is 19.5 Å². The maximum Gasteiger partial charge on any atom is 0.145 e. The van der Waals surface area contributed by atoms with E-state index in [0.717, 1.165) is 38.9 Å². The topological polar surface area (TPSA) is 127 Å². The fourth-order valence-electron chi connectivity index (χ4n) is 3.75. The molecule has 0 saturated heterocycles. The van der Waals surface area contributed by atoms with Gasteiger partial charge < -0.3 is 25.3 Å². The van der Waals surface area contributed by atoms with Gasteiger partial charge in [0.05, 0.1) is 23.8 Å². The number of aryl methyl sites for hydroxylation is 3. The summed E-state index contributed by atoms with van der Waals surface area (Å²) in [5.41, 5.74) is 10.7. The maximum absolute atomic E-state index is 5.83. The summed E-state index contributed by atoms with van der Waals surface area (Å²) in [6, 6.07) is 4.01. The molecule has 0 radical (unpaired) electrons. The Balaban J connectivity index is 1.98. The number of benzene rings is 1. The average Bonchev–Trinajstić information content (AvgIpc) is 3.24. The molecule has 31 heavy (non-hydrogen) atoms. The first-order valence-electron chi connectivity index (χ1n) is 9.81. The molecular weight excluding hydrogens is 394 g/mol. The number of anilines is 1. The Kier molecular flexibility index (Phi) is 5.10. The monoisotopic (exact) mass is 419 g/mol. The van der Waals surface area contributed by atoms with Crippen LogP contribution in [-0.2, 0) is 0 Å². The van der Waals surface area contributed by atoms with E-state index < -0.39 is 0 Å². The van der Waals surface area contributed by atoms with Crippen LogP contribution in [0.1, 0.15) is 24.2 Å². The zero-order valence-corrected chi connectivity index (χ0v) is 18.4. The van der Waals surface area contributed by atoms with Crippen LogP contribution < -0.4 is 15.8 Å². The molecule has 160 valence electrons. The standard InChI is InChI=1S/C22H25N7O2/c1-10(23)7-18(24-5)28-22-20-14-9-17(30-6)15(19-11(2)29-31-12(19)3)8-16(14)27-21(20)25-13(4)26-22/h7-9H,23H2,1-6H3,(H2,24,25,26,27,28). The molecule has 0 amide bonds. The number of rotatable bonds is 4. The number of H-pyrrole nitrogens is 1. The Morgan fingerprint density at radius 3 is 2.65 bits per heavy atom. The second-order valence-corrected chi connectivity index (χ2v) is 7.39. The molecular formula is C22H25N7O2. The van der Waals surface area contributed by atoms with Crippen molar-refractivity contribution < 1.29 is 9.26 Å². The summed E-state index contributed by atoms with van der Waals surface area (Å²) in [7, 11) is 3.34. The number of aliphatic imine (C=N–C) groups is 1. The van der Waals surface area contributed by atoms with Crippen molar-refractivity contribution in [1.29, 1.82) is 0 Å². The number of methoxy groups -OCH3 is 1. The molecule has 0 bridgehead atoms. The van der Waals surface area contributed by atoms with E-state index in [1.165, 1.54) is 0 Å². The lowest BCUT2D eigenvalue weighted by atomic mass is 10.0. The van der Waals surface area contributed by atoms with Gasteiger partial charge in [0.25, 0.3) is 0 Å². The molecule has 0 unspecified atom stereocenters. The summed E-state index contributed by atoms with van der Waals surface area (Å²) in [6.07, 6.45) is 1.76. The van der Waals surface area contributed by atoms with Gasteiger partial charge in [-0.25, -0.2) is 9.97 Å². The number of amidine groups is 1. The molecule has 0 fully saturated rings. The van der Waals surface area contributed by atoms with Gasteiger partial charge >= 0.3 is 0 Å².